The van der Waals surface area contributed by atoms with Gasteiger partial charge in [0.2, 0.25) is 0 Å². The Kier molecular flexibility index (Phi) is 4.94. The van der Waals surface area contributed by atoms with E-state index in [1.54, 1.807) is 25.3 Å². The second kappa shape index (κ2) is 7.14. The van der Waals surface area contributed by atoms with Gasteiger partial charge in [-0.2, -0.15) is 0 Å². The van der Waals surface area contributed by atoms with Crippen LogP contribution in [0.3, 0.4) is 0 Å². The number of piperidine rings is 1. The van der Waals surface area contributed by atoms with Crippen LogP contribution in [0.4, 0.5) is 11.5 Å². The largest absolute Gasteiger partial charge is 0.496 e. The van der Waals surface area contributed by atoms with Gasteiger partial charge in [0, 0.05) is 25.1 Å². The van der Waals surface area contributed by atoms with E-state index in [0.29, 0.717) is 16.7 Å². The van der Waals surface area contributed by atoms with Gasteiger partial charge in [-0.25, -0.2) is 4.79 Å². The van der Waals surface area contributed by atoms with Gasteiger partial charge in [0.25, 0.3) is 0 Å². The van der Waals surface area contributed by atoms with Gasteiger partial charge in [-0.05, 0) is 30.5 Å². The quantitative estimate of drug-likeness (QED) is 0.862. The summed E-state index contributed by atoms with van der Waals surface area (Å²) in [5.41, 5.74) is 7.92. The Morgan fingerprint density at radius 3 is 2.92 bits per heavy atom. The lowest BCUT2D eigenvalue weighted by Crippen LogP contribution is -2.35. The van der Waals surface area contributed by atoms with Crippen LogP contribution in [0.5, 0.6) is 5.75 Å². The van der Waals surface area contributed by atoms with Crippen LogP contribution in [0.25, 0.3) is 0 Å². The molecule has 0 bridgehead atoms. The van der Waals surface area contributed by atoms with Crippen LogP contribution in [0.1, 0.15) is 34.7 Å². The number of nitrogens with two attached hydrogens (primary N) is 1. The number of benzene rings is 1. The molecule has 7 nitrogen and oxygen atoms in total. The van der Waals surface area contributed by atoms with Crippen LogP contribution in [-0.4, -0.2) is 41.5 Å². The maximum atomic E-state index is 11.2. The van der Waals surface area contributed by atoms with Crippen molar-refractivity contribution in [2.45, 2.75) is 18.8 Å². The molecule has 0 radical (unpaired) electrons. The van der Waals surface area contributed by atoms with Crippen molar-refractivity contribution in [3.63, 3.8) is 0 Å². The molecule has 8 heteroatoms. The molecule has 1 aromatic heterocycles. The molecule has 1 atom stereocenters. The number of rotatable bonds is 4. The van der Waals surface area contributed by atoms with Gasteiger partial charge in [0.15, 0.2) is 11.0 Å². The van der Waals surface area contributed by atoms with Crippen LogP contribution >= 0.6 is 11.6 Å². The molecule has 132 valence electrons. The fourth-order valence-electron chi connectivity index (χ4n) is 3.25. The molecule has 1 aliphatic rings. The van der Waals surface area contributed by atoms with Gasteiger partial charge in [-0.1, -0.05) is 17.7 Å². The molecule has 1 aromatic carbocycles. The maximum absolute atomic E-state index is 11.2. The van der Waals surface area contributed by atoms with E-state index in [0.717, 1.165) is 37.2 Å². The number of anilines is 2. The third-order valence-electron chi connectivity index (χ3n) is 4.45. The normalized spacial score (nSPS) is 17.4. The van der Waals surface area contributed by atoms with Crippen molar-refractivity contribution in [1.29, 1.82) is 0 Å². The van der Waals surface area contributed by atoms with Crippen molar-refractivity contribution in [1.82, 2.24) is 10.2 Å². The van der Waals surface area contributed by atoms with Crippen molar-refractivity contribution >= 4 is 29.1 Å². The minimum atomic E-state index is -0.972. The molecule has 3 N–H and O–H groups in total. The molecule has 1 unspecified atom stereocenters. The summed E-state index contributed by atoms with van der Waals surface area (Å²) in [7, 11) is 1.55. The Morgan fingerprint density at radius 1 is 1.40 bits per heavy atom. The lowest BCUT2D eigenvalue weighted by molar-refractivity contribution is 0.0696. The number of aromatic nitrogens is 2. The summed E-state index contributed by atoms with van der Waals surface area (Å²) < 4.78 is 5.42. The third kappa shape index (κ3) is 3.61. The van der Waals surface area contributed by atoms with Gasteiger partial charge in [0.1, 0.15) is 5.75 Å². The van der Waals surface area contributed by atoms with E-state index in [1.807, 2.05) is 6.07 Å². The molecule has 2 aromatic rings. The number of carbonyl (C=O) groups is 1. The van der Waals surface area contributed by atoms with Crippen LogP contribution in [0.15, 0.2) is 24.3 Å². The number of carboxylic acids is 1. The first-order valence-corrected chi connectivity index (χ1v) is 8.32. The Balaban J connectivity index is 1.89. The number of carboxylic acid groups (broad SMARTS) is 1. The molecular weight excluding hydrogens is 344 g/mol. The fraction of sp³-hybridized carbons (Fsp3) is 0.353. The van der Waals surface area contributed by atoms with Crippen molar-refractivity contribution in [3.05, 3.63) is 40.5 Å². The Hall–Kier alpha value is -2.54. The number of ether oxygens (including phenoxy) is 1. The van der Waals surface area contributed by atoms with Gasteiger partial charge >= 0.3 is 5.97 Å². The molecule has 1 fully saturated rings. The summed E-state index contributed by atoms with van der Waals surface area (Å²) in [4.78, 5) is 13.3. The van der Waals surface area contributed by atoms with Crippen LogP contribution in [-0.2, 0) is 0 Å². The van der Waals surface area contributed by atoms with E-state index < -0.39 is 5.97 Å². The minimum Gasteiger partial charge on any atom is -0.496 e. The molecule has 0 amide bonds. The Bertz CT molecular complexity index is 799. The molecule has 1 saturated heterocycles. The van der Waals surface area contributed by atoms with E-state index in [4.69, 9.17) is 27.2 Å². The van der Waals surface area contributed by atoms with Gasteiger partial charge in [-0.3, -0.25) is 0 Å². The van der Waals surface area contributed by atoms with Crippen molar-refractivity contribution in [3.8, 4) is 5.75 Å². The Morgan fingerprint density at radius 2 is 2.20 bits per heavy atom. The smallest absolute Gasteiger partial charge is 0.335 e. The molecular formula is C17H19ClN4O3. The molecule has 1 aliphatic heterocycles. The molecule has 2 heterocycles. The average Bonchev–Trinajstić information content (AvgIpc) is 2.63. The second-order valence-electron chi connectivity index (χ2n) is 5.98. The number of nitrogen functional groups attached to an aromatic ring is 1. The van der Waals surface area contributed by atoms with Crippen LogP contribution in [0, 0.1) is 0 Å². The van der Waals surface area contributed by atoms with Crippen molar-refractivity contribution in [2.24, 2.45) is 0 Å². The molecule has 3 rings (SSSR count). The second-order valence-corrected chi connectivity index (χ2v) is 6.37. The summed E-state index contributed by atoms with van der Waals surface area (Å²) in [5, 5.41) is 17.1. The maximum Gasteiger partial charge on any atom is 0.335 e. The molecule has 0 spiro atoms. The Labute approximate surface area is 150 Å². The number of hydrogen-bond donors (Lipinski definition) is 2. The minimum absolute atomic E-state index is 0.192. The monoisotopic (exact) mass is 362 g/mol. The lowest BCUT2D eigenvalue weighted by Gasteiger charge is -2.35. The van der Waals surface area contributed by atoms with Crippen molar-refractivity contribution < 1.29 is 14.6 Å². The zero-order valence-corrected chi connectivity index (χ0v) is 14.5. The number of halogens is 1. The molecule has 0 aliphatic carbocycles. The topological polar surface area (TPSA) is 102 Å². The first kappa shape index (κ1) is 17.3. The van der Waals surface area contributed by atoms with E-state index in [1.165, 1.54) is 0 Å². The average molecular weight is 363 g/mol. The number of methoxy groups -OCH3 is 1. The van der Waals surface area contributed by atoms with Crippen LogP contribution < -0.4 is 15.4 Å². The number of aromatic carboxylic acids is 1. The zero-order valence-electron chi connectivity index (χ0n) is 13.8. The van der Waals surface area contributed by atoms with E-state index in [-0.39, 0.29) is 11.5 Å². The fourth-order valence-corrected chi connectivity index (χ4v) is 3.39. The first-order valence-electron chi connectivity index (χ1n) is 7.94. The highest BCUT2D eigenvalue weighted by Gasteiger charge is 2.26. The van der Waals surface area contributed by atoms with E-state index in [9.17, 15) is 4.79 Å². The summed E-state index contributed by atoms with van der Waals surface area (Å²) in [6.07, 6.45) is 1.94. The summed E-state index contributed by atoms with van der Waals surface area (Å²) in [5.74, 6) is 0.155. The highest BCUT2D eigenvalue weighted by atomic mass is 35.5. The number of nitrogens with zero attached hydrogens (tertiary/aromatic N) is 3. The summed E-state index contributed by atoms with van der Waals surface area (Å²) >= 11 is 5.95. The third-order valence-corrected chi connectivity index (χ3v) is 4.64. The molecule has 25 heavy (non-hydrogen) atoms. The molecule has 0 saturated carbocycles. The predicted octanol–water partition coefficient (Wildman–Crippen LogP) is 2.80. The van der Waals surface area contributed by atoms with E-state index in [2.05, 4.69) is 15.1 Å². The highest BCUT2D eigenvalue weighted by molar-refractivity contribution is 6.29. The summed E-state index contributed by atoms with van der Waals surface area (Å²) in [6.45, 7) is 1.56. The standard InChI is InChI=1S/C17H19ClN4O3/c1-25-14-7-10(17(23)24)4-5-12(14)11-3-2-6-22(9-11)13-8-15(18)20-21-16(13)19/h4-5,7-8,11H,2-3,6,9H2,1H3,(H2,19,21)(H,23,24). The number of hydrogen-bond acceptors (Lipinski definition) is 6. The zero-order chi connectivity index (χ0) is 18.0. The predicted molar refractivity (Wildman–Crippen MR) is 95.6 cm³/mol. The van der Waals surface area contributed by atoms with Crippen molar-refractivity contribution in [2.75, 3.05) is 30.8 Å². The van der Waals surface area contributed by atoms with Crippen LogP contribution in [0.2, 0.25) is 5.15 Å². The highest BCUT2D eigenvalue weighted by Crippen LogP contribution is 2.36. The summed E-state index contributed by atoms with van der Waals surface area (Å²) in [6, 6.07) is 6.73. The van der Waals surface area contributed by atoms with Gasteiger partial charge in [0.05, 0.1) is 18.4 Å². The lowest BCUT2D eigenvalue weighted by atomic mass is 9.89. The van der Waals surface area contributed by atoms with Gasteiger partial charge in [-0.15, -0.1) is 10.2 Å². The van der Waals surface area contributed by atoms with E-state index >= 15 is 0 Å². The first-order chi connectivity index (χ1) is 12.0. The van der Waals surface area contributed by atoms with Gasteiger partial charge < -0.3 is 20.5 Å². The SMILES string of the molecule is COc1cc(C(=O)O)ccc1C1CCCN(c2cc(Cl)nnc2N)C1.